The molecule has 0 saturated heterocycles. The average Bonchev–Trinajstić information content (AvgIpc) is 2.73. The second kappa shape index (κ2) is 19.6. The van der Waals surface area contributed by atoms with E-state index >= 15 is 0 Å². The molecule has 0 aromatic rings. The van der Waals surface area contributed by atoms with Crippen LogP contribution in [0, 0.1) is 23.9 Å². The molecule has 0 unspecified atom stereocenters. The van der Waals surface area contributed by atoms with Crippen LogP contribution < -0.4 is 0 Å². The summed E-state index contributed by atoms with van der Waals surface area (Å²) in [6.45, 7) is 7.28. The van der Waals surface area contributed by atoms with E-state index in [2.05, 4.69) is 42.8 Å². The van der Waals surface area contributed by atoms with Crippen molar-refractivity contribution in [2.24, 2.45) is 4.99 Å². The zero-order valence-corrected chi connectivity index (χ0v) is 20.0. The standard InChI is InChI=1S/C26H40N2O3/c1-5-7-9-11-13-15-17-25(30)19-21-27-23(3)28(24(4)29)22-20-26(31)18-16-14-12-10-8-6-2/h5-18H2,1-4H3. The van der Waals surface area contributed by atoms with E-state index in [0.29, 0.717) is 12.8 Å². The fraction of sp³-hybridized carbons (Fsp3) is 0.692. The van der Waals surface area contributed by atoms with Gasteiger partial charge in [-0.2, -0.15) is 4.99 Å². The molecule has 0 saturated carbocycles. The lowest BCUT2D eigenvalue weighted by atomic mass is 10.1. The maximum atomic E-state index is 11.9. The second-order valence-electron chi connectivity index (χ2n) is 7.87. The van der Waals surface area contributed by atoms with Gasteiger partial charge in [-0.05, 0) is 31.6 Å². The molecule has 31 heavy (non-hydrogen) atoms. The van der Waals surface area contributed by atoms with Crippen LogP contribution in [0.25, 0.3) is 0 Å². The van der Waals surface area contributed by atoms with E-state index in [4.69, 9.17) is 0 Å². The lowest BCUT2D eigenvalue weighted by Gasteiger charge is -2.10. The Labute approximate surface area is 189 Å². The number of nitrogens with zero attached hydrogens (tertiary/aromatic N) is 2. The summed E-state index contributed by atoms with van der Waals surface area (Å²) in [5, 5.41) is 0. The fourth-order valence-corrected chi connectivity index (χ4v) is 2.98. The van der Waals surface area contributed by atoms with Crippen molar-refractivity contribution in [3.05, 3.63) is 0 Å². The van der Waals surface area contributed by atoms with Gasteiger partial charge in [0.05, 0.1) is 0 Å². The first-order valence-electron chi connectivity index (χ1n) is 11.9. The Kier molecular flexibility index (Phi) is 18.0. The Balaban J connectivity index is 4.51. The van der Waals surface area contributed by atoms with E-state index in [9.17, 15) is 14.4 Å². The molecule has 0 aliphatic rings. The predicted molar refractivity (Wildman–Crippen MR) is 127 cm³/mol. The summed E-state index contributed by atoms with van der Waals surface area (Å²) in [4.78, 5) is 40.7. The van der Waals surface area contributed by atoms with Crippen LogP contribution in [0.1, 0.15) is 118 Å². The molecule has 5 heteroatoms. The molecule has 0 atom stereocenters. The van der Waals surface area contributed by atoms with E-state index in [0.717, 1.165) is 43.4 Å². The normalized spacial score (nSPS) is 10.5. The average molecular weight is 429 g/mol. The van der Waals surface area contributed by atoms with Crippen molar-refractivity contribution >= 4 is 23.3 Å². The van der Waals surface area contributed by atoms with Crippen molar-refractivity contribution in [2.45, 2.75) is 118 Å². The maximum Gasteiger partial charge on any atom is 0.236 e. The zero-order chi connectivity index (χ0) is 23.3. The van der Waals surface area contributed by atoms with Crippen molar-refractivity contribution in [3.63, 3.8) is 0 Å². The van der Waals surface area contributed by atoms with Gasteiger partial charge in [-0.15, -0.1) is 0 Å². The van der Waals surface area contributed by atoms with Crippen LogP contribution in [0.4, 0.5) is 0 Å². The molecule has 172 valence electrons. The van der Waals surface area contributed by atoms with Crippen LogP contribution in [0.3, 0.4) is 0 Å². The number of amides is 1. The molecule has 0 bridgehead atoms. The van der Waals surface area contributed by atoms with Gasteiger partial charge in [0.25, 0.3) is 0 Å². The highest BCUT2D eigenvalue weighted by atomic mass is 16.2. The van der Waals surface area contributed by atoms with Crippen molar-refractivity contribution in [1.29, 1.82) is 0 Å². The summed E-state index contributed by atoms with van der Waals surface area (Å²) in [5.41, 5.74) is 0. The molecule has 0 fully saturated rings. The largest absolute Gasteiger partial charge is 0.285 e. The Bertz CT molecular complexity index is 702. The van der Waals surface area contributed by atoms with Crippen molar-refractivity contribution < 1.29 is 14.4 Å². The molecule has 0 aliphatic carbocycles. The summed E-state index contributed by atoms with van der Waals surface area (Å²) < 4.78 is 0. The number of aliphatic imine (C=N–C) groups is 1. The third kappa shape index (κ3) is 17.0. The van der Waals surface area contributed by atoms with Gasteiger partial charge in [0.15, 0.2) is 0 Å². The minimum Gasteiger partial charge on any atom is -0.285 e. The van der Waals surface area contributed by atoms with Gasteiger partial charge in [-0.25, -0.2) is 4.90 Å². The zero-order valence-electron chi connectivity index (χ0n) is 20.0. The van der Waals surface area contributed by atoms with Gasteiger partial charge in [-0.1, -0.05) is 78.1 Å². The van der Waals surface area contributed by atoms with Gasteiger partial charge < -0.3 is 0 Å². The first-order valence-corrected chi connectivity index (χ1v) is 11.9. The number of ketones is 2. The monoisotopic (exact) mass is 428 g/mol. The number of hydrogen-bond acceptors (Lipinski definition) is 4. The maximum absolute atomic E-state index is 11.9. The van der Waals surface area contributed by atoms with Gasteiger partial charge in [0.1, 0.15) is 5.84 Å². The van der Waals surface area contributed by atoms with Gasteiger partial charge in [0, 0.05) is 31.9 Å². The summed E-state index contributed by atoms with van der Waals surface area (Å²) >= 11 is 0. The Morgan fingerprint density at radius 3 is 1.61 bits per heavy atom. The number of hydrogen-bond donors (Lipinski definition) is 0. The highest BCUT2D eigenvalue weighted by molar-refractivity contribution is 6.01. The Hall–Kier alpha value is -2.40. The highest BCUT2D eigenvalue weighted by Crippen LogP contribution is 2.08. The number of carbonyl (C=O) groups is 3. The molecular weight excluding hydrogens is 388 g/mol. The van der Waals surface area contributed by atoms with E-state index in [1.165, 1.54) is 45.4 Å². The van der Waals surface area contributed by atoms with Crippen molar-refractivity contribution in [1.82, 2.24) is 4.90 Å². The molecule has 1 amide bonds. The quantitative estimate of drug-likeness (QED) is 0.115. The number of unbranched alkanes of at least 4 members (excludes halogenated alkanes) is 10. The number of Topliss-reactive ketones (excluding diaryl/α,β-unsaturated/α-hetero) is 2. The lowest BCUT2D eigenvalue weighted by molar-refractivity contribution is -0.122. The topological polar surface area (TPSA) is 66.8 Å². The van der Waals surface area contributed by atoms with Gasteiger partial charge >= 0.3 is 0 Å². The minimum absolute atomic E-state index is 0.151. The molecule has 0 spiro atoms. The summed E-state index contributed by atoms with van der Waals surface area (Å²) in [7, 11) is 0. The molecule has 5 nitrogen and oxygen atoms in total. The van der Waals surface area contributed by atoms with E-state index < -0.39 is 0 Å². The minimum atomic E-state index is -0.346. The molecule has 0 rings (SSSR count). The van der Waals surface area contributed by atoms with Crippen LogP contribution in [0.2, 0.25) is 0 Å². The third-order valence-electron chi connectivity index (χ3n) is 4.87. The molecule has 0 aliphatic heterocycles. The Morgan fingerprint density at radius 2 is 1.13 bits per heavy atom. The first-order chi connectivity index (χ1) is 14.9. The summed E-state index contributed by atoms with van der Waals surface area (Å²) in [5.74, 6) is 4.58. The van der Waals surface area contributed by atoms with Gasteiger partial charge in [-0.3, -0.25) is 14.4 Å². The van der Waals surface area contributed by atoms with E-state index in [1.807, 2.05) is 0 Å². The SMILES string of the molecule is CCCCCCCCC(=O)C#CN=C(C)N(C#CC(=O)CCCCCCCC)C(C)=O. The highest BCUT2D eigenvalue weighted by Gasteiger charge is 2.09. The smallest absolute Gasteiger partial charge is 0.236 e. The molecular formula is C26H40N2O3. The molecule has 0 aromatic heterocycles. The molecule has 0 radical (unpaired) electrons. The number of carbonyl (C=O) groups excluding carboxylic acids is 3. The van der Waals surface area contributed by atoms with Crippen molar-refractivity contribution in [2.75, 3.05) is 0 Å². The van der Waals surface area contributed by atoms with Crippen LogP contribution in [0.5, 0.6) is 0 Å². The van der Waals surface area contributed by atoms with Crippen LogP contribution in [-0.2, 0) is 14.4 Å². The van der Waals surface area contributed by atoms with E-state index in [-0.39, 0.29) is 23.3 Å². The lowest BCUT2D eigenvalue weighted by Crippen LogP contribution is -2.28. The first kappa shape index (κ1) is 28.6. The Morgan fingerprint density at radius 1 is 0.677 bits per heavy atom. The van der Waals surface area contributed by atoms with Crippen molar-refractivity contribution in [3.8, 4) is 23.9 Å². The van der Waals surface area contributed by atoms with E-state index in [1.54, 1.807) is 6.92 Å². The summed E-state index contributed by atoms with van der Waals surface area (Å²) in [6.07, 6.45) is 14.1. The molecule has 0 N–H and O–H groups in total. The predicted octanol–water partition coefficient (Wildman–Crippen LogP) is 5.81. The number of rotatable bonds is 14. The van der Waals surface area contributed by atoms with Crippen LogP contribution in [0.15, 0.2) is 4.99 Å². The van der Waals surface area contributed by atoms with Crippen LogP contribution in [-0.4, -0.2) is 28.2 Å². The van der Waals surface area contributed by atoms with Crippen LogP contribution >= 0.6 is 0 Å². The number of amidine groups is 1. The molecule has 0 heterocycles. The molecule has 0 aromatic carbocycles. The third-order valence-corrected chi connectivity index (χ3v) is 4.87. The fourth-order valence-electron chi connectivity index (χ4n) is 2.98. The summed E-state index contributed by atoms with van der Waals surface area (Å²) in [6, 6.07) is 5.05. The van der Waals surface area contributed by atoms with Gasteiger partial charge in [0.2, 0.25) is 17.5 Å². The second-order valence-corrected chi connectivity index (χ2v) is 7.87.